The highest BCUT2D eigenvalue weighted by atomic mass is 16.2. The standard InChI is InChI=1S/C32H43N5O3/c33-29(34)25-15-11-21(12-16-25)19-27(23-7-3-1-4-8-23)31(39)37-28(24-9-5-2-6-10-24)32(40)36-20-22-13-17-26(18-14-22)30(35)38/h11-18,23-24,27-28H,1-10,19-20H2,(H3,33,34)(H2,35,38)(H,36,40)(H,37,39)/t27?,28-/m0/s1. The van der Waals surface area contributed by atoms with E-state index >= 15 is 0 Å². The zero-order valence-corrected chi connectivity index (χ0v) is 23.3. The summed E-state index contributed by atoms with van der Waals surface area (Å²) in [7, 11) is 0. The molecule has 0 heterocycles. The predicted molar refractivity (Wildman–Crippen MR) is 157 cm³/mol. The highest BCUT2D eigenvalue weighted by Gasteiger charge is 2.35. The molecule has 3 amide bonds. The second-order valence-electron chi connectivity index (χ2n) is 11.5. The molecule has 2 fully saturated rings. The lowest BCUT2D eigenvalue weighted by atomic mass is 9.76. The van der Waals surface area contributed by atoms with Crippen molar-refractivity contribution >= 4 is 23.6 Å². The first-order valence-corrected chi connectivity index (χ1v) is 14.7. The number of nitrogens with two attached hydrogens (primary N) is 2. The minimum absolute atomic E-state index is 0.0262. The van der Waals surface area contributed by atoms with Crippen molar-refractivity contribution in [3.8, 4) is 0 Å². The lowest BCUT2D eigenvalue weighted by molar-refractivity contribution is -0.134. The van der Waals surface area contributed by atoms with Crippen LogP contribution >= 0.6 is 0 Å². The van der Waals surface area contributed by atoms with Gasteiger partial charge in [0.25, 0.3) is 0 Å². The Kier molecular flexibility index (Phi) is 10.3. The summed E-state index contributed by atoms with van der Waals surface area (Å²) in [5, 5.41) is 13.9. The van der Waals surface area contributed by atoms with Crippen molar-refractivity contribution in [3.63, 3.8) is 0 Å². The highest BCUT2D eigenvalue weighted by Crippen LogP contribution is 2.33. The Balaban J connectivity index is 1.49. The van der Waals surface area contributed by atoms with Crippen molar-refractivity contribution in [2.24, 2.45) is 29.2 Å². The third kappa shape index (κ3) is 7.93. The van der Waals surface area contributed by atoms with Gasteiger partial charge in [0.15, 0.2) is 0 Å². The Labute approximate surface area is 237 Å². The maximum atomic E-state index is 14.0. The molecule has 0 spiro atoms. The van der Waals surface area contributed by atoms with Crippen molar-refractivity contribution in [3.05, 3.63) is 70.8 Å². The van der Waals surface area contributed by atoms with E-state index in [0.717, 1.165) is 68.9 Å². The predicted octanol–water partition coefficient (Wildman–Crippen LogP) is 4.19. The van der Waals surface area contributed by atoms with E-state index < -0.39 is 11.9 Å². The van der Waals surface area contributed by atoms with Gasteiger partial charge in [-0.1, -0.05) is 74.9 Å². The molecule has 2 atom stereocenters. The molecule has 214 valence electrons. The molecule has 2 aliphatic carbocycles. The summed E-state index contributed by atoms with van der Waals surface area (Å²) >= 11 is 0. The summed E-state index contributed by atoms with van der Waals surface area (Å²) in [6.07, 6.45) is 11.2. The molecule has 8 heteroatoms. The third-order valence-corrected chi connectivity index (χ3v) is 8.68. The Hall–Kier alpha value is -3.68. The molecule has 2 saturated carbocycles. The van der Waals surface area contributed by atoms with Crippen LogP contribution in [0.1, 0.15) is 91.3 Å². The summed E-state index contributed by atoms with van der Waals surface area (Å²) in [4.78, 5) is 38.9. The van der Waals surface area contributed by atoms with Gasteiger partial charge in [0.2, 0.25) is 17.7 Å². The molecule has 1 unspecified atom stereocenters. The molecule has 2 aromatic carbocycles. The van der Waals surface area contributed by atoms with E-state index in [1.54, 1.807) is 24.3 Å². The fourth-order valence-electron chi connectivity index (χ4n) is 6.30. The number of carbonyl (C=O) groups is 3. The van der Waals surface area contributed by atoms with Crippen molar-refractivity contribution in [2.75, 3.05) is 0 Å². The minimum Gasteiger partial charge on any atom is -0.384 e. The Morgan fingerprint density at radius 3 is 1.80 bits per heavy atom. The van der Waals surface area contributed by atoms with Crippen LogP contribution in [0, 0.1) is 23.2 Å². The zero-order chi connectivity index (χ0) is 28.5. The molecule has 8 nitrogen and oxygen atoms in total. The average molecular weight is 546 g/mol. The van der Waals surface area contributed by atoms with E-state index in [1.807, 2.05) is 24.3 Å². The van der Waals surface area contributed by atoms with Gasteiger partial charge in [-0.15, -0.1) is 0 Å². The Morgan fingerprint density at radius 1 is 0.725 bits per heavy atom. The van der Waals surface area contributed by atoms with Gasteiger partial charge in [0, 0.05) is 23.6 Å². The molecule has 2 aliphatic rings. The highest BCUT2D eigenvalue weighted by molar-refractivity contribution is 5.95. The molecule has 7 N–H and O–H groups in total. The van der Waals surface area contributed by atoms with Crippen LogP contribution in [0.15, 0.2) is 48.5 Å². The van der Waals surface area contributed by atoms with Crippen LogP contribution in [-0.4, -0.2) is 29.6 Å². The molecule has 2 aromatic rings. The Bertz CT molecular complexity index is 1170. The van der Waals surface area contributed by atoms with Gasteiger partial charge in [-0.3, -0.25) is 19.8 Å². The number of nitrogens with one attached hydrogen (secondary N) is 3. The van der Waals surface area contributed by atoms with Crippen molar-refractivity contribution < 1.29 is 14.4 Å². The SMILES string of the molecule is N=C(N)c1ccc(CC(C(=O)N[C@H](C(=O)NCc2ccc(C(N)=O)cc2)C2CCCCC2)C2CCCCC2)cc1. The number of hydrogen-bond donors (Lipinski definition) is 5. The van der Waals surface area contributed by atoms with E-state index in [2.05, 4.69) is 10.6 Å². The topological polar surface area (TPSA) is 151 Å². The first kappa shape index (κ1) is 29.3. The number of carbonyl (C=O) groups excluding carboxylic acids is 3. The van der Waals surface area contributed by atoms with Gasteiger partial charge >= 0.3 is 0 Å². The molecule has 0 radical (unpaired) electrons. The van der Waals surface area contributed by atoms with Crippen molar-refractivity contribution in [1.82, 2.24) is 10.6 Å². The molecular formula is C32H43N5O3. The summed E-state index contributed by atoms with van der Waals surface area (Å²) in [5.74, 6) is -0.497. The number of primary amides is 1. The monoisotopic (exact) mass is 545 g/mol. The van der Waals surface area contributed by atoms with Crippen molar-refractivity contribution in [2.45, 2.75) is 83.2 Å². The summed E-state index contributed by atoms with van der Waals surface area (Å²) in [6.45, 7) is 0.311. The fourth-order valence-corrected chi connectivity index (χ4v) is 6.30. The number of amidine groups is 1. The van der Waals surface area contributed by atoms with Crippen molar-refractivity contribution in [1.29, 1.82) is 5.41 Å². The number of benzene rings is 2. The molecule has 0 aliphatic heterocycles. The molecular weight excluding hydrogens is 502 g/mol. The number of nitrogen functional groups attached to an aromatic ring is 1. The van der Waals surface area contributed by atoms with Crippen LogP contribution in [0.4, 0.5) is 0 Å². The largest absolute Gasteiger partial charge is 0.384 e. The zero-order valence-electron chi connectivity index (χ0n) is 23.3. The number of hydrogen-bond acceptors (Lipinski definition) is 4. The van der Waals surface area contributed by atoms with Gasteiger partial charge < -0.3 is 22.1 Å². The average Bonchev–Trinajstić information content (AvgIpc) is 2.98. The minimum atomic E-state index is -0.580. The fraction of sp³-hybridized carbons (Fsp3) is 0.500. The maximum Gasteiger partial charge on any atom is 0.248 e. The van der Waals surface area contributed by atoms with E-state index in [9.17, 15) is 14.4 Å². The number of rotatable bonds is 11. The van der Waals surface area contributed by atoms with E-state index in [0.29, 0.717) is 24.1 Å². The normalized spacial score (nSPS) is 17.9. The van der Waals surface area contributed by atoms with Crippen LogP contribution in [0.5, 0.6) is 0 Å². The maximum absolute atomic E-state index is 14.0. The summed E-state index contributed by atoms with van der Waals surface area (Å²) in [6, 6.07) is 13.9. The molecule has 0 aromatic heterocycles. The summed E-state index contributed by atoms with van der Waals surface area (Å²) < 4.78 is 0. The molecule has 4 rings (SSSR count). The van der Waals surface area contributed by atoms with Gasteiger partial charge in [0.1, 0.15) is 11.9 Å². The lowest BCUT2D eigenvalue weighted by Crippen LogP contribution is -2.53. The van der Waals surface area contributed by atoms with Crippen LogP contribution in [-0.2, 0) is 22.6 Å². The second kappa shape index (κ2) is 14.1. The molecule has 0 bridgehead atoms. The van der Waals surface area contributed by atoms with Gasteiger partial charge in [-0.05, 0) is 67.2 Å². The quantitative estimate of drug-likeness (QED) is 0.212. The van der Waals surface area contributed by atoms with E-state index in [-0.39, 0.29) is 35.4 Å². The smallest absolute Gasteiger partial charge is 0.248 e. The number of amides is 3. The first-order chi connectivity index (χ1) is 19.3. The van der Waals surface area contributed by atoms with Crippen LogP contribution < -0.4 is 22.1 Å². The summed E-state index contributed by atoms with van der Waals surface area (Å²) in [5.41, 5.74) is 14.0. The van der Waals surface area contributed by atoms with Crippen LogP contribution in [0.2, 0.25) is 0 Å². The van der Waals surface area contributed by atoms with Crippen LogP contribution in [0.3, 0.4) is 0 Å². The van der Waals surface area contributed by atoms with E-state index in [1.165, 1.54) is 6.42 Å². The molecule has 0 saturated heterocycles. The van der Waals surface area contributed by atoms with E-state index in [4.69, 9.17) is 16.9 Å². The van der Waals surface area contributed by atoms with Gasteiger partial charge in [-0.25, -0.2) is 0 Å². The third-order valence-electron chi connectivity index (χ3n) is 8.68. The molecule has 40 heavy (non-hydrogen) atoms. The van der Waals surface area contributed by atoms with Gasteiger partial charge in [-0.2, -0.15) is 0 Å². The Morgan fingerprint density at radius 2 is 1.25 bits per heavy atom. The van der Waals surface area contributed by atoms with Crippen LogP contribution in [0.25, 0.3) is 0 Å². The first-order valence-electron chi connectivity index (χ1n) is 14.7. The lowest BCUT2D eigenvalue weighted by Gasteiger charge is -2.34. The van der Waals surface area contributed by atoms with Gasteiger partial charge in [0.05, 0.1) is 0 Å². The second-order valence-corrected chi connectivity index (χ2v) is 11.5.